The van der Waals surface area contributed by atoms with Crippen molar-refractivity contribution in [2.24, 2.45) is 0 Å². The molecule has 2 fully saturated rings. The van der Waals surface area contributed by atoms with Gasteiger partial charge in [-0.3, -0.25) is 0 Å². The van der Waals surface area contributed by atoms with E-state index in [-0.39, 0.29) is 16.5 Å². The summed E-state index contributed by atoms with van der Waals surface area (Å²) in [5, 5.41) is 3.55. The molecule has 39 heavy (non-hydrogen) atoms. The Morgan fingerprint density at radius 1 is 0.846 bits per heavy atom. The van der Waals surface area contributed by atoms with E-state index in [2.05, 4.69) is 20.1 Å². The molecule has 7 nitrogen and oxygen atoms in total. The molecular weight excluding hydrogens is 507 g/mol. The van der Waals surface area contributed by atoms with Crippen LogP contribution in [0.1, 0.15) is 5.56 Å². The number of hydrogen-bond acceptors (Lipinski definition) is 7. The van der Waals surface area contributed by atoms with Crippen LogP contribution in [0.25, 0.3) is 22.2 Å². The highest BCUT2D eigenvalue weighted by Gasteiger charge is 2.23. The normalized spacial score (nSPS) is 16.1. The Morgan fingerprint density at radius 2 is 1.54 bits per heavy atom. The number of nitrogens with one attached hydrogen (secondary N) is 1. The Balaban J connectivity index is 1.54. The van der Waals surface area contributed by atoms with Crippen molar-refractivity contribution in [2.45, 2.75) is 6.92 Å². The zero-order valence-corrected chi connectivity index (χ0v) is 21.5. The minimum absolute atomic E-state index is 0.0871. The highest BCUT2D eigenvalue weighted by Crippen LogP contribution is 2.40. The van der Waals surface area contributed by atoms with E-state index >= 15 is 4.39 Å². The van der Waals surface area contributed by atoms with Gasteiger partial charge >= 0.3 is 0 Å². The van der Waals surface area contributed by atoms with Crippen molar-refractivity contribution >= 4 is 33.8 Å². The first-order valence-corrected chi connectivity index (χ1v) is 13.0. The molecule has 0 bridgehead atoms. The fraction of sp³-hybridized carbons (Fsp3) is 0.310. The van der Waals surface area contributed by atoms with Gasteiger partial charge in [0.1, 0.15) is 17.5 Å². The summed E-state index contributed by atoms with van der Waals surface area (Å²) in [5.41, 5.74) is 3.10. The van der Waals surface area contributed by atoms with Crippen LogP contribution in [0.2, 0.25) is 0 Å². The number of halogens is 3. The molecule has 2 aromatic heterocycles. The molecule has 4 heterocycles. The van der Waals surface area contributed by atoms with Crippen LogP contribution in [0, 0.1) is 24.4 Å². The third-order valence-electron chi connectivity index (χ3n) is 7.17. The van der Waals surface area contributed by atoms with Gasteiger partial charge in [0, 0.05) is 43.9 Å². The lowest BCUT2D eigenvalue weighted by atomic mass is 10.0. The molecule has 202 valence electrons. The van der Waals surface area contributed by atoms with Crippen molar-refractivity contribution in [1.29, 1.82) is 0 Å². The van der Waals surface area contributed by atoms with Crippen LogP contribution in [0.15, 0.2) is 48.7 Å². The molecule has 1 N–H and O–H groups in total. The smallest absolute Gasteiger partial charge is 0.152 e. The van der Waals surface area contributed by atoms with Crippen molar-refractivity contribution in [3.63, 3.8) is 0 Å². The van der Waals surface area contributed by atoms with Crippen molar-refractivity contribution < 1.29 is 22.6 Å². The molecule has 2 aromatic carbocycles. The molecule has 0 saturated carbocycles. The molecule has 0 aliphatic carbocycles. The van der Waals surface area contributed by atoms with Crippen LogP contribution in [0.4, 0.5) is 36.1 Å². The number of benzene rings is 2. The first kappa shape index (κ1) is 25.4. The maximum atomic E-state index is 15.4. The first-order valence-electron chi connectivity index (χ1n) is 13.0. The maximum Gasteiger partial charge on any atom is 0.152 e. The lowest BCUT2D eigenvalue weighted by Gasteiger charge is -2.32. The molecule has 0 unspecified atom stereocenters. The predicted molar refractivity (Wildman–Crippen MR) is 145 cm³/mol. The summed E-state index contributed by atoms with van der Waals surface area (Å²) in [7, 11) is 0. The third kappa shape index (κ3) is 4.97. The second-order valence-corrected chi connectivity index (χ2v) is 9.61. The number of fused-ring (bicyclic) bond motifs is 1. The molecule has 0 amide bonds. The molecule has 10 heteroatoms. The van der Waals surface area contributed by atoms with Crippen molar-refractivity contribution in [1.82, 2.24) is 9.97 Å². The fourth-order valence-corrected chi connectivity index (χ4v) is 5.17. The third-order valence-corrected chi connectivity index (χ3v) is 7.17. The topological polar surface area (TPSA) is 62.8 Å². The first-order chi connectivity index (χ1) is 19.0. The summed E-state index contributed by atoms with van der Waals surface area (Å²) in [6, 6.07) is 10.2. The number of morpholine rings is 2. The molecule has 2 aliphatic rings. The van der Waals surface area contributed by atoms with Crippen LogP contribution >= 0.6 is 0 Å². The van der Waals surface area contributed by atoms with Gasteiger partial charge in [-0.05, 0) is 30.7 Å². The van der Waals surface area contributed by atoms with E-state index in [0.29, 0.717) is 68.0 Å². The average Bonchev–Trinajstić information content (AvgIpc) is 2.95. The van der Waals surface area contributed by atoms with E-state index in [1.807, 2.05) is 12.3 Å². The minimum atomic E-state index is -0.758. The van der Waals surface area contributed by atoms with Crippen LogP contribution in [-0.4, -0.2) is 62.6 Å². The Morgan fingerprint density at radius 3 is 2.26 bits per heavy atom. The molecule has 2 saturated heterocycles. The van der Waals surface area contributed by atoms with Gasteiger partial charge in [-0.25, -0.2) is 23.1 Å². The van der Waals surface area contributed by atoms with Gasteiger partial charge in [-0.1, -0.05) is 12.1 Å². The summed E-state index contributed by atoms with van der Waals surface area (Å²) in [4.78, 5) is 13.6. The molecule has 0 spiro atoms. The number of ether oxygens (including phenoxy) is 2. The van der Waals surface area contributed by atoms with Crippen LogP contribution in [0.5, 0.6) is 0 Å². The summed E-state index contributed by atoms with van der Waals surface area (Å²) >= 11 is 0. The number of anilines is 4. The summed E-state index contributed by atoms with van der Waals surface area (Å²) in [6.07, 6.45) is 1.83. The Hall–Kier alpha value is -3.89. The standard InChI is InChI=1S/C29H28F3N5O2/c1-18-27(21-4-2-3-5-22(21)31)34-24-15-19(30)14-23(32)26(24)28(18)35-25-16-20(36-6-10-38-11-7-36)17-33-29(25)37-8-12-39-13-9-37/h2-5,14-17H,6-13H2,1H3,(H,34,35). The number of rotatable bonds is 5. The second kappa shape index (κ2) is 10.7. The molecule has 4 aromatic rings. The number of pyridine rings is 2. The Bertz CT molecular complexity index is 1520. The van der Waals surface area contributed by atoms with E-state index < -0.39 is 17.5 Å². The van der Waals surface area contributed by atoms with Crippen LogP contribution < -0.4 is 15.1 Å². The fourth-order valence-electron chi connectivity index (χ4n) is 5.17. The zero-order valence-electron chi connectivity index (χ0n) is 21.5. The highest BCUT2D eigenvalue weighted by atomic mass is 19.1. The number of hydrogen-bond donors (Lipinski definition) is 1. The van der Waals surface area contributed by atoms with Gasteiger partial charge in [0.05, 0.1) is 66.3 Å². The van der Waals surface area contributed by atoms with Crippen molar-refractivity contribution in [2.75, 3.05) is 67.7 Å². The van der Waals surface area contributed by atoms with Crippen LogP contribution in [-0.2, 0) is 9.47 Å². The predicted octanol–water partition coefficient (Wildman–Crippen LogP) is 5.44. The largest absolute Gasteiger partial charge is 0.378 e. The molecule has 2 aliphatic heterocycles. The Labute approximate surface area is 224 Å². The van der Waals surface area contributed by atoms with E-state index in [1.165, 1.54) is 12.1 Å². The van der Waals surface area contributed by atoms with E-state index in [4.69, 9.17) is 14.5 Å². The minimum Gasteiger partial charge on any atom is -0.378 e. The van der Waals surface area contributed by atoms with Gasteiger partial charge < -0.3 is 24.6 Å². The zero-order chi connectivity index (χ0) is 26.9. The molecule has 6 rings (SSSR count). The summed E-state index contributed by atoms with van der Waals surface area (Å²) in [6.45, 7) is 6.86. The number of nitrogens with zero attached hydrogens (tertiary/aromatic N) is 4. The maximum absolute atomic E-state index is 15.4. The van der Waals surface area contributed by atoms with Gasteiger partial charge in [0.2, 0.25) is 0 Å². The van der Waals surface area contributed by atoms with E-state index in [9.17, 15) is 8.78 Å². The van der Waals surface area contributed by atoms with E-state index in [1.54, 1.807) is 25.1 Å². The lowest BCUT2D eigenvalue weighted by Crippen LogP contribution is -2.38. The summed E-state index contributed by atoms with van der Waals surface area (Å²) < 4.78 is 55.6. The lowest BCUT2D eigenvalue weighted by molar-refractivity contribution is 0.122. The second-order valence-electron chi connectivity index (χ2n) is 9.61. The monoisotopic (exact) mass is 535 g/mol. The van der Waals surface area contributed by atoms with E-state index in [0.717, 1.165) is 24.8 Å². The van der Waals surface area contributed by atoms with Gasteiger partial charge in [0.25, 0.3) is 0 Å². The number of aromatic nitrogens is 2. The van der Waals surface area contributed by atoms with Gasteiger partial charge in [-0.2, -0.15) is 0 Å². The van der Waals surface area contributed by atoms with Gasteiger partial charge in [-0.15, -0.1) is 0 Å². The van der Waals surface area contributed by atoms with Crippen molar-refractivity contribution in [3.05, 3.63) is 71.7 Å². The van der Waals surface area contributed by atoms with Crippen molar-refractivity contribution in [3.8, 4) is 11.3 Å². The summed E-state index contributed by atoms with van der Waals surface area (Å²) in [5.74, 6) is -1.30. The molecule has 0 atom stereocenters. The Kier molecular flexibility index (Phi) is 6.97. The molecule has 0 radical (unpaired) electrons. The SMILES string of the molecule is Cc1c(-c2ccccc2F)nc2cc(F)cc(F)c2c1Nc1cc(N2CCOCC2)cnc1N1CCOCC1. The van der Waals surface area contributed by atoms with Gasteiger partial charge in [0.15, 0.2) is 5.82 Å². The quantitative estimate of drug-likeness (QED) is 0.365. The molecular formula is C29H28F3N5O2. The highest BCUT2D eigenvalue weighted by molar-refractivity contribution is 5.99. The average molecular weight is 536 g/mol. The van der Waals surface area contributed by atoms with Crippen LogP contribution in [0.3, 0.4) is 0 Å².